The van der Waals surface area contributed by atoms with Gasteiger partial charge in [-0.2, -0.15) is 0 Å². The highest BCUT2D eigenvalue weighted by Gasteiger charge is 2.53. The second-order valence-electron chi connectivity index (χ2n) is 6.23. The molecule has 2 unspecified atom stereocenters. The Hall–Kier alpha value is -1.30. The smallest absolute Gasteiger partial charge is 0.234 e. The Labute approximate surface area is 113 Å². The molecule has 2 fully saturated rings. The third-order valence-corrected chi connectivity index (χ3v) is 5.01. The van der Waals surface area contributed by atoms with Gasteiger partial charge in [0.25, 0.3) is 0 Å². The quantitative estimate of drug-likeness (QED) is 0.305. The number of nitrogens with zero attached hydrogens (tertiary/aromatic N) is 1. The van der Waals surface area contributed by atoms with E-state index in [9.17, 15) is 4.79 Å². The standard InChI is InChI=1S/C13H23N3O3/c1-12(2)8(7-9(12)19-3)15-11(17)13(5-4-6-13)10(14)16-18/h8-9,18H,4-7H2,1-3H3,(H2,14,16)(H,15,17). The number of methoxy groups -OCH3 is 1. The maximum atomic E-state index is 12.4. The van der Waals surface area contributed by atoms with Crippen LogP contribution in [0.3, 0.4) is 0 Å². The summed E-state index contributed by atoms with van der Waals surface area (Å²) in [6.07, 6.45) is 3.20. The van der Waals surface area contributed by atoms with Crippen molar-refractivity contribution < 1.29 is 14.7 Å². The van der Waals surface area contributed by atoms with E-state index in [0.29, 0.717) is 12.8 Å². The minimum Gasteiger partial charge on any atom is -0.409 e. The largest absolute Gasteiger partial charge is 0.409 e. The number of hydrogen-bond acceptors (Lipinski definition) is 4. The Morgan fingerprint density at radius 2 is 2.11 bits per heavy atom. The van der Waals surface area contributed by atoms with Gasteiger partial charge in [0.2, 0.25) is 5.91 Å². The highest BCUT2D eigenvalue weighted by atomic mass is 16.5. The second kappa shape index (κ2) is 4.67. The van der Waals surface area contributed by atoms with Crippen molar-refractivity contribution in [3.05, 3.63) is 0 Å². The third-order valence-electron chi connectivity index (χ3n) is 5.01. The van der Waals surface area contributed by atoms with Crippen molar-refractivity contribution in [2.45, 2.75) is 51.7 Å². The zero-order chi connectivity index (χ0) is 14.3. The number of oxime groups is 1. The summed E-state index contributed by atoms with van der Waals surface area (Å²) in [5, 5.41) is 14.9. The molecule has 2 saturated carbocycles. The maximum Gasteiger partial charge on any atom is 0.234 e. The fourth-order valence-corrected chi connectivity index (χ4v) is 3.05. The van der Waals surface area contributed by atoms with Crippen LogP contribution in [-0.2, 0) is 9.53 Å². The number of carbonyl (C=O) groups is 1. The monoisotopic (exact) mass is 269 g/mol. The molecular formula is C13H23N3O3. The van der Waals surface area contributed by atoms with E-state index in [0.717, 1.165) is 12.8 Å². The average molecular weight is 269 g/mol. The van der Waals surface area contributed by atoms with Crippen LogP contribution in [0, 0.1) is 10.8 Å². The van der Waals surface area contributed by atoms with E-state index >= 15 is 0 Å². The molecule has 2 aliphatic carbocycles. The molecule has 0 aromatic rings. The molecule has 0 spiro atoms. The molecule has 6 heteroatoms. The molecular weight excluding hydrogens is 246 g/mol. The second-order valence-corrected chi connectivity index (χ2v) is 6.23. The third kappa shape index (κ3) is 1.98. The van der Waals surface area contributed by atoms with Crippen LogP contribution in [0.25, 0.3) is 0 Å². The Bertz CT molecular complexity index is 402. The highest BCUT2D eigenvalue weighted by Crippen LogP contribution is 2.45. The van der Waals surface area contributed by atoms with Gasteiger partial charge in [0.1, 0.15) is 5.41 Å². The molecule has 0 aromatic heterocycles. The number of amidine groups is 1. The lowest BCUT2D eigenvalue weighted by atomic mass is 9.62. The molecule has 0 heterocycles. The summed E-state index contributed by atoms with van der Waals surface area (Å²) in [5.41, 5.74) is 4.80. The van der Waals surface area contributed by atoms with Gasteiger partial charge in [-0.3, -0.25) is 4.79 Å². The van der Waals surface area contributed by atoms with E-state index in [4.69, 9.17) is 15.7 Å². The van der Waals surface area contributed by atoms with Crippen molar-refractivity contribution in [1.29, 1.82) is 0 Å². The summed E-state index contributed by atoms with van der Waals surface area (Å²) in [6.45, 7) is 4.15. The van der Waals surface area contributed by atoms with Crippen molar-refractivity contribution in [2.24, 2.45) is 21.7 Å². The summed E-state index contributed by atoms with van der Waals surface area (Å²) in [4.78, 5) is 12.4. The summed E-state index contributed by atoms with van der Waals surface area (Å²) >= 11 is 0. The minimum absolute atomic E-state index is 0.0247. The van der Waals surface area contributed by atoms with Crippen molar-refractivity contribution >= 4 is 11.7 Å². The van der Waals surface area contributed by atoms with Crippen LogP contribution >= 0.6 is 0 Å². The molecule has 1 amide bonds. The van der Waals surface area contributed by atoms with Crippen molar-refractivity contribution in [3.8, 4) is 0 Å². The first kappa shape index (κ1) is 14.1. The molecule has 2 aliphatic rings. The van der Waals surface area contributed by atoms with Crippen LogP contribution in [0.1, 0.15) is 39.5 Å². The number of rotatable bonds is 4. The number of hydrogen-bond donors (Lipinski definition) is 3. The van der Waals surface area contributed by atoms with Gasteiger partial charge in [-0.15, -0.1) is 0 Å². The van der Waals surface area contributed by atoms with Gasteiger partial charge >= 0.3 is 0 Å². The van der Waals surface area contributed by atoms with Gasteiger partial charge < -0.3 is 21.0 Å². The van der Waals surface area contributed by atoms with Crippen molar-refractivity contribution in [1.82, 2.24) is 5.32 Å². The van der Waals surface area contributed by atoms with Gasteiger partial charge in [0.15, 0.2) is 5.84 Å². The molecule has 19 heavy (non-hydrogen) atoms. The van der Waals surface area contributed by atoms with E-state index in [1.54, 1.807) is 7.11 Å². The van der Waals surface area contributed by atoms with Crippen molar-refractivity contribution in [3.63, 3.8) is 0 Å². The topological polar surface area (TPSA) is 96.9 Å². The number of nitrogens with one attached hydrogen (secondary N) is 1. The van der Waals surface area contributed by atoms with E-state index < -0.39 is 5.41 Å². The Balaban J connectivity index is 2.03. The number of carbonyl (C=O) groups excluding carboxylic acids is 1. The summed E-state index contributed by atoms with van der Waals surface area (Å²) in [7, 11) is 1.69. The van der Waals surface area contributed by atoms with Crippen LogP contribution in [0.2, 0.25) is 0 Å². The van der Waals surface area contributed by atoms with Crippen LogP contribution in [0.15, 0.2) is 5.16 Å². The summed E-state index contributed by atoms with van der Waals surface area (Å²) in [6, 6.07) is 0.0777. The lowest BCUT2D eigenvalue weighted by Crippen LogP contribution is -2.65. The van der Waals surface area contributed by atoms with E-state index in [1.807, 2.05) is 0 Å². The number of ether oxygens (including phenoxy) is 1. The van der Waals surface area contributed by atoms with Crippen LogP contribution in [-0.4, -0.2) is 36.2 Å². The predicted molar refractivity (Wildman–Crippen MR) is 70.8 cm³/mol. The summed E-state index contributed by atoms with van der Waals surface area (Å²) < 4.78 is 5.37. The average Bonchev–Trinajstić information content (AvgIpc) is 2.32. The molecule has 0 bridgehead atoms. The van der Waals surface area contributed by atoms with E-state index in [-0.39, 0.29) is 29.3 Å². The van der Waals surface area contributed by atoms with Gasteiger partial charge in [0.05, 0.1) is 6.10 Å². The lowest BCUT2D eigenvalue weighted by Gasteiger charge is -2.52. The Kier molecular flexibility index (Phi) is 3.47. The fourth-order valence-electron chi connectivity index (χ4n) is 3.05. The molecule has 0 saturated heterocycles. The van der Waals surface area contributed by atoms with Crippen LogP contribution in [0.5, 0.6) is 0 Å². The number of amides is 1. The molecule has 0 aromatic carbocycles. The first-order valence-electron chi connectivity index (χ1n) is 6.70. The van der Waals surface area contributed by atoms with Gasteiger partial charge in [-0.05, 0) is 19.3 Å². The van der Waals surface area contributed by atoms with Gasteiger partial charge in [-0.1, -0.05) is 25.4 Å². The molecule has 6 nitrogen and oxygen atoms in total. The molecule has 0 radical (unpaired) electrons. The minimum atomic E-state index is -0.803. The first-order chi connectivity index (χ1) is 8.88. The number of nitrogens with two attached hydrogens (primary N) is 1. The molecule has 2 atom stereocenters. The SMILES string of the molecule is COC1CC(NC(=O)C2(C(N)=NO)CCC2)C1(C)C. The molecule has 2 rings (SSSR count). The lowest BCUT2D eigenvalue weighted by molar-refractivity contribution is -0.141. The highest BCUT2D eigenvalue weighted by molar-refractivity contribution is 6.07. The fraction of sp³-hybridized carbons (Fsp3) is 0.846. The normalized spacial score (nSPS) is 32.1. The molecule has 0 aliphatic heterocycles. The zero-order valence-corrected chi connectivity index (χ0v) is 11.8. The van der Waals surface area contributed by atoms with Gasteiger partial charge in [0, 0.05) is 18.6 Å². The van der Waals surface area contributed by atoms with E-state index in [2.05, 4.69) is 24.3 Å². The zero-order valence-electron chi connectivity index (χ0n) is 11.8. The van der Waals surface area contributed by atoms with E-state index in [1.165, 1.54) is 0 Å². The Morgan fingerprint density at radius 3 is 2.47 bits per heavy atom. The van der Waals surface area contributed by atoms with Crippen LogP contribution in [0.4, 0.5) is 0 Å². The molecule has 108 valence electrons. The summed E-state index contributed by atoms with van der Waals surface area (Å²) in [5.74, 6) is -0.0988. The Morgan fingerprint density at radius 1 is 1.47 bits per heavy atom. The van der Waals surface area contributed by atoms with Crippen LogP contribution < -0.4 is 11.1 Å². The maximum absolute atomic E-state index is 12.4. The predicted octanol–water partition coefficient (Wildman–Crippen LogP) is 0.833. The molecule has 4 N–H and O–H groups in total. The first-order valence-corrected chi connectivity index (χ1v) is 6.70. The van der Waals surface area contributed by atoms with Crippen molar-refractivity contribution in [2.75, 3.05) is 7.11 Å². The van der Waals surface area contributed by atoms with Gasteiger partial charge in [-0.25, -0.2) is 0 Å².